The van der Waals surface area contributed by atoms with Crippen LogP contribution in [-0.4, -0.2) is 18.1 Å². The van der Waals surface area contributed by atoms with Crippen LogP contribution in [0.1, 0.15) is 18.1 Å². The molecular weight excluding hydrogens is 362 g/mol. The van der Waals surface area contributed by atoms with Gasteiger partial charge in [0.2, 0.25) is 0 Å². The summed E-state index contributed by atoms with van der Waals surface area (Å²) in [6.07, 6.45) is 0.854. The molecular formula is C13H11Br2NO2. The Kier molecular flexibility index (Phi) is 3.79. The van der Waals surface area contributed by atoms with Crippen molar-refractivity contribution < 1.29 is 9.53 Å². The van der Waals surface area contributed by atoms with Gasteiger partial charge in [-0.05, 0) is 62.0 Å². The maximum atomic E-state index is 12.0. The monoisotopic (exact) mass is 371 g/mol. The number of esters is 1. The molecule has 1 aromatic rings. The Balaban J connectivity index is 2.37. The number of benzene rings is 1. The van der Waals surface area contributed by atoms with Crippen molar-refractivity contribution in [1.29, 1.82) is 0 Å². The second kappa shape index (κ2) is 5.02. The van der Waals surface area contributed by atoms with Crippen LogP contribution in [0, 0.1) is 6.57 Å². The van der Waals surface area contributed by atoms with E-state index in [2.05, 4.69) is 36.7 Å². The fourth-order valence-corrected chi connectivity index (χ4v) is 2.97. The standard InChI is InChI=1S/C13H11Br2NO2/c1-3-18-12(17)13(16-2)6-8-4-10(14)11(15)5-9(8)7-13/h4-5H,3,6-7H2,1H3. The summed E-state index contributed by atoms with van der Waals surface area (Å²) in [6, 6.07) is 3.93. The maximum Gasteiger partial charge on any atom is 0.394 e. The summed E-state index contributed by atoms with van der Waals surface area (Å²) in [6.45, 7) is 9.40. The number of halogens is 2. The zero-order valence-electron chi connectivity index (χ0n) is 9.80. The van der Waals surface area contributed by atoms with E-state index in [4.69, 9.17) is 11.3 Å². The van der Waals surface area contributed by atoms with Crippen LogP contribution in [0.25, 0.3) is 4.85 Å². The predicted octanol–water partition coefficient (Wildman–Crippen LogP) is 3.53. The van der Waals surface area contributed by atoms with Crippen molar-refractivity contribution in [2.75, 3.05) is 6.61 Å². The van der Waals surface area contributed by atoms with Gasteiger partial charge in [0.05, 0.1) is 19.4 Å². The molecule has 0 fully saturated rings. The number of ether oxygens (including phenoxy) is 1. The molecule has 0 N–H and O–H groups in total. The van der Waals surface area contributed by atoms with Gasteiger partial charge in [-0.2, -0.15) is 0 Å². The SMILES string of the molecule is [C-]#[N+]C1(C(=O)OCC)Cc2cc(Br)c(Br)cc2C1. The molecule has 0 radical (unpaired) electrons. The number of hydrogen-bond acceptors (Lipinski definition) is 2. The van der Waals surface area contributed by atoms with Gasteiger partial charge >= 0.3 is 11.5 Å². The lowest BCUT2D eigenvalue weighted by atomic mass is 9.97. The normalized spacial score (nSPS) is 15.9. The first-order valence-electron chi connectivity index (χ1n) is 5.55. The first-order chi connectivity index (χ1) is 8.52. The van der Waals surface area contributed by atoms with Gasteiger partial charge in [-0.25, -0.2) is 11.4 Å². The van der Waals surface area contributed by atoms with Gasteiger partial charge in [-0.15, -0.1) is 0 Å². The van der Waals surface area contributed by atoms with Gasteiger partial charge in [0.25, 0.3) is 0 Å². The average molecular weight is 373 g/mol. The molecule has 1 aromatic carbocycles. The Hall–Kier alpha value is -0.860. The first kappa shape index (κ1) is 13.6. The van der Waals surface area contributed by atoms with Crippen LogP contribution in [0.4, 0.5) is 0 Å². The summed E-state index contributed by atoms with van der Waals surface area (Å²) in [5, 5.41) is 0. The second-order valence-electron chi connectivity index (χ2n) is 4.25. The van der Waals surface area contributed by atoms with E-state index in [1.54, 1.807) is 6.92 Å². The third-order valence-corrected chi connectivity index (χ3v) is 4.92. The number of carbonyl (C=O) groups excluding carboxylic acids is 1. The fraction of sp³-hybridized carbons (Fsp3) is 0.385. The van der Waals surface area contributed by atoms with Crippen LogP contribution in [0.5, 0.6) is 0 Å². The van der Waals surface area contributed by atoms with E-state index in [1.807, 2.05) is 12.1 Å². The lowest BCUT2D eigenvalue weighted by molar-refractivity contribution is -0.147. The predicted molar refractivity (Wildman–Crippen MR) is 75.2 cm³/mol. The van der Waals surface area contributed by atoms with Gasteiger partial charge in [-0.3, -0.25) is 4.85 Å². The van der Waals surface area contributed by atoms with Crippen LogP contribution in [-0.2, 0) is 22.4 Å². The molecule has 0 unspecified atom stereocenters. The summed E-state index contributed by atoms with van der Waals surface area (Å²) < 4.78 is 6.91. The Labute approximate surface area is 123 Å². The third-order valence-electron chi connectivity index (χ3n) is 3.08. The van der Waals surface area contributed by atoms with E-state index in [1.165, 1.54) is 0 Å². The molecule has 0 atom stereocenters. The molecule has 1 aliphatic rings. The van der Waals surface area contributed by atoms with E-state index in [0.717, 1.165) is 20.1 Å². The fourth-order valence-electron chi connectivity index (χ4n) is 2.19. The molecule has 0 heterocycles. The second-order valence-corrected chi connectivity index (χ2v) is 5.96. The van der Waals surface area contributed by atoms with E-state index in [0.29, 0.717) is 19.4 Å². The largest absolute Gasteiger partial charge is 0.460 e. The summed E-state index contributed by atoms with van der Waals surface area (Å²) in [4.78, 5) is 15.5. The van der Waals surface area contributed by atoms with Gasteiger partial charge in [-0.1, -0.05) is 0 Å². The quantitative estimate of drug-likeness (QED) is 0.587. The molecule has 0 spiro atoms. The summed E-state index contributed by atoms with van der Waals surface area (Å²) in [5.74, 6) is -0.413. The van der Waals surface area contributed by atoms with Gasteiger partial charge < -0.3 is 4.74 Å². The molecule has 0 aliphatic heterocycles. The zero-order valence-corrected chi connectivity index (χ0v) is 13.0. The lowest BCUT2D eigenvalue weighted by Gasteiger charge is -2.13. The molecule has 0 aromatic heterocycles. The van der Waals surface area contributed by atoms with Gasteiger partial charge in [0.1, 0.15) is 0 Å². The minimum Gasteiger partial charge on any atom is -0.460 e. The van der Waals surface area contributed by atoms with Gasteiger partial charge in [0.15, 0.2) is 0 Å². The third kappa shape index (κ3) is 2.19. The molecule has 0 saturated heterocycles. The molecule has 1 aliphatic carbocycles. The van der Waals surface area contributed by atoms with Crippen LogP contribution < -0.4 is 0 Å². The van der Waals surface area contributed by atoms with Crippen LogP contribution in [0.2, 0.25) is 0 Å². The van der Waals surface area contributed by atoms with Gasteiger partial charge in [0, 0.05) is 8.95 Å². The summed E-state index contributed by atoms with van der Waals surface area (Å²) >= 11 is 6.87. The highest BCUT2D eigenvalue weighted by molar-refractivity contribution is 9.13. The Morgan fingerprint density at radius 3 is 2.28 bits per heavy atom. The molecule has 0 saturated carbocycles. The highest BCUT2D eigenvalue weighted by atomic mass is 79.9. The highest BCUT2D eigenvalue weighted by Gasteiger charge is 2.52. The van der Waals surface area contributed by atoms with Crippen LogP contribution in [0.3, 0.4) is 0 Å². The Bertz CT molecular complexity index is 518. The molecule has 0 amide bonds. The smallest absolute Gasteiger partial charge is 0.394 e. The number of nitrogens with zero attached hydrogens (tertiary/aromatic N) is 1. The number of fused-ring (bicyclic) bond motifs is 1. The maximum absolute atomic E-state index is 12.0. The van der Waals surface area contributed by atoms with Crippen LogP contribution >= 0.6 is 31.9 Å². The number of carbonyl (C=O) groups is 1. The highest BCUT2D eigenvalue weighted by Crippen LogP contribution is 2.38. The van der Waals surface area contributed by atoms with Crippen LogP contribution in [0.15, 0.2) is 21.1 Å². The van der Waals surface area contributed by atoms with E-state index in [-0.39, 0.29) is 0 Å². The van der Waals surface area contributed by atoms with Crippen molar-refractivity contribution in [3.63, 3.8) is 0 Å². The number of hydrogen-bond donors (Lipinski definition) is 0. The average Bonchev–Trinajstić information content (AvgIpc) is 2.69. The Morgan fingerprint density at radius 2 is 1.89 bits per heavy atom. The molecule has 3 nitrogen and oxygen atoms in total. The van der Waals surface area contributed by atoms with E-state index >= 15 is 0 Å². The van der Waals surface area contributed by atoms with Crippen molar-refractivity contribution in [3.8, 4) is 0 Å². The minimum atomic E-state index is -1.07. The first-order valence-corrected chi connectivity index (χ1v) is 7.13. The van der Waals surface area contributed by atoms with E-state index in [9.17, 15) is 4.79 Å². The lowest BCUT2D eigenvalue weighted by Crippen LogP contribution is -2.37. The summed E-state index contributed by atoms with van der Waals surface area (Å²) in [7, 11) is 0. The minimum absolute atomic E-state index is 0.305. The van der Waals surface area contributed by atoms with Crippen molar-refractivity contribution in [3.05, 3.63) is 43.6 Å². The molecule has 2 rings (SSSR count). The van der Waals surface area contributed by atoms with Crippen molar-refractivity contribution in [2.45, 2.75) is 25.3 Å². The summed E-state index contributed by atoms with van der Waals surface area (Å²) in [5.41, 5.74) is 1.00. The molecule has 0 bridgehead atoms. The molecule has 18 heavy (non-hydrogen) atoms. The van der Waals surface area contributed by atoms with Crippen molar-refractivity contribution in [1.82, 2.24) is 0 Å². The van der Waals surface area contributed by atoms with Crippen molar-refractivity contribution >= 4 is 37.8 Å². The molecule has 5 heteroatoms. The number of rotatable bonds is 2. The zero-order chi connectivity index (χ0) is 13.3. The van der Waals surface area contributed by atoms with E-state index < -0.39 is 11.5 Å². The Morgan fingerprint density at radius 1 is 1.39 bits per heavy atom. The molecule has 94 valence electrons. The van der Waals surface area contributed by atoms with Crippen molar-refractivity contribution in [2.24, 2.45) is 0 Å². The topological polar surface area (TPSA) is 30.7 Å².